The number of hydrazine groups is 1. The average Bonchev–Trinajstić information content (AvgIpc) is 2.25. The number of nitrogens with one attached hydrogen (secondary N) is 1. The normalized spacial score (nSPS) is 11.0. The van der Waals surface area contributed by atoms with Crippen LogP contribution in [0.5, 0.6) is 11.5 Å². The first-order valence-corrected chi connectivity index (χ1v) is 6.26. The molecule has 0 saturated carbocycles. The number of hydrogen-bond acceptors (Lipinski definition) is 6. The van der Waals surface area contributed by atoms with E-state index < -0.39 is 9.84 Å². The Morgan fingerprint density at radius 3 is 2.12 bits per heavy atom. The van der Waals surface area contributed by atoms with Crippen molar-refractivity contribution in [1.82, 2.24) is 0 Å². The summed E-state index contributed by atoms with van der Waals surface area (Å²) in [6.45, 7) is 0. The summed E-state index contributed by atoms with van der Waals surface area (Å²) < 4.78 is 33.0. The summed E-state index contributed by atoms with van der Waals surface area (Å²) in [5.41, 5.74) is 2.85. The Morgan fingerprint density at radius 2 is 1.75 bits per heavy atom. The molecule has 0 spiro atoms. The van der Waals surface area contributed by atoms with Crippen LogP contribution >= 0.6 is 0 Å². The summed E-state index contributed by atoms with van der Waals surface area (Å²) in [4.78, 5) is 0.0610. The summed E-state index contributed by atoms with van der Waals surface area (Å²) in [6, 6.07) is 2.83. The third-order valence-electron chi connectivity index (χ3n) is 2.04. The number of anilines is 1. The number of nitrogens with two attached hydrogens (primary N) is 1. The van der Waals surface area contributed by atoms with Crippen LogP contribution in [0.1, 0.15) is 0 Å². The summed E-state index contributed by atoms with van der Waals surface area (Å²) in [7, 11) is -0.566. The van der Waals surface area contributed by atoms with Crippen LogP contribution < -0.4 is 20.7 Å². The fourth-order valence-electron chi connectivity index (χ4n) is 1.27. The summed E-state index contributed by atoms with van der Waals surface area (Å²) >= 11 is 0. The molecule has 0 aliphatic rings. The van der Waals surface area contributed by atoms with E-state index in [1.54, 1.807) is 0 Å². The molecule has 0 atom stereocenters. The van der Waals surface area contributed by atoms with Gasteiger partial charge < -0.3 is 14.9 Å². The molecule has 1 aromatic rings. The van der Waals surface area contributed by atoms with Crippen molar-refractivity contribution in [2.45, 2.75) is 4.90 Å². The van der Waals surface area contributed by atoms with Crippen LogP contribution in [0, 0.1) is 0 Å². The molecule has 0 aromatic heterocycles. The van der Waals surface area contributed by atoms with E-state index in [4.69, 9.17) is 15.3 Å². The molecule has 0 radical (unpaired) electrons. The quantitative estimate of drug-likeness (QED) is 0.590. The molecule has 0 saturated heterocycles. The first-order chi connectivity index (χ1) is 7.43. The Kier molecular flexibility index (Phi) is 3.61. The minimum Gasteiger partial charge on any atom is -0.495 e. The maximum atomic E-state index is 11.5. The van der Waals surface area contributed by atoms with Crippen LogP contribution in [0.2, 0.25) is 0 Å². The van der Waals surface area contributed by atoms with E-state index in [0.29, 0.717) is 11.4 Å². The Hall–Kier alpha value is -1.47. The van der Waals surface area contributed by atoms with Crippen LogP contribution in [0.15, 0.2) is 17.0 Å². The van der Waals surface area contributed by atoms with Gasteiger partial charge in [-0.05, 0) is 0 Å². The van der Waals surface area contributed by atoms with Crippen molar-refractivity contribution < 1.29 is 17.9 Å². The van der Waals surface area contributed by atoms with Gasteiger partial charge in [-0.3, -0.25) is 5.84 Å². The van der Waals surface area contributed by atoms with Crippen molar-refractivity contribution in [2.75, 3.05) is 25.9 Å². The molecule has 0 fully saturated rings. The molecule has 6 nitrogen and oxygen atoms in total. The highest BCUT2D eigenvalue weighted by Crippen LogP contribution is 2.34. The third-order valence-corrected chi connectivity index (χ3v) is 3.16. The number of ether oxygens (including phenoxy) is 2. The zero-order valence-electron chi connectivity index (χ0n) is 9.27. The predicted octanol–water partition coefficient (Wildman–Crippen LogP) is 0.393. The zero-order chi connectivity index (χ0) is 12.3. The van der Waals surface area contributed by atoms with E-state index in [2.05, 4.69) is 5.43 Å². The number of methoxy groups -OCH3 is 2. The molecule has 1 aromatic carbocycles. The SMILES string of the molecule is COc1cc(S(C)(=O)=O)c(OC)cc1NN. The molecule has 7 heteroatoms. The van der Waals surface area contributed by atoms with Gasteiger partial charge in [0.05, 0.1) is 19.9 Å². The number of hydrogen-bond donors (Lipinski definition) is 2. The first kappa shape index (κ1) is 12.6. The van der Waals surface area contributed by atoms with Gasteiger partial charge in [0.25, 0.3) is 0 Å². The van der Waals surface area contributed by atoms with Crippen LogP contribution in [-0.4, -0.2) is 28.9 Å². The van der Waals surface area contributed by atoms with E-state index in [9.17, 15) is 8.42 Å². The molecule has 16 heavy (non-hydrogen) atoms. The van der Waals surface area contributed by atoms with Crippen molar-refractivity contribution in [1.29, 1.82) is 0 Å². The lowest BCUT2D eigenvalue weighted by atomic mass is 10.3. The Balaban J connectivity index is 3.50. The molecule has 3 N–H and O–H groups in total. The van der Waals surface area contributed by atoms with Gasteiger partial charge in [0.1, 0.15) is 16.4 Å². The monoisotopic (exact) mass is 246 g/mol. The third kappa shape index (κ3) is 2.37. The second kappa shape index (κ2) is 4.58. The van der Waals surface area contributed by atoms with Gasteiger partial charge in [0.15, 0.2) is 9.84 Å². The standard InChI is InChI=1S/C9H14N2O4S/c1-14-7-5-9(16(3,12)13)8(15-2)4-6(7)11-10/h4-5,11H,10H2,1-3H3. The van der Waals surface area contributed by atoms with E-state index in [0.717, 1.165) is 6.26 Å². The minimum absolute atomic E-state index is 0.0610. The minimum atomic E-state index is -3.38. The average molecular weight is 246 g/mol. The van der Waals surface area contributed by atoms with Gasteiger partial charge in [-0.25, -0.2) is 8.42 Å². The van der Waals surface area contributed by atoms with Gasteiger partial charge >= 0.3 is 0 Å². The van der Waals surface area contributed by atoms with Crippen molar-refractivity contribution >= 4 is 15.5 Å². The predicted molar refractivity (Wildman–Crippen MR) is 60.5 cm³/mol. The number of sulfone groups is 1. The number of nitrogen functional groups attached to an aromatic ring is 1. The van der Waals surface area contributed by atoms with Crippen molar-refractivity contribution in [3.8, 4) is 11.5 Å². The molecule has 1 rings (SSSR count). The topological polar surface area (TPSA) is 90.7 Å². The van der Waals surface area contributed by atoms with Crippen LogP contribution in [-0.2, 0) is 9.84 Å². The van der Waals surface area contributed by atoms with Crippen LogP contribution in [0.25, 0.3) is 0 Å². The van der Waals surface area contributed by atoms with Gasteiger partial charge in [-0.15, -0.1) is 0 Å². The Bertz CT molecular complexity index is 485. The van der Waals surface area contributed by atoms with Gasteiger partial charge in [0, 0.05) is 18.4 Å². The lowest BCUT2D eigenvalue weighted by Crippen LogP contribution is -2.10. The second-order valence-electron chi connectivity index (χ2n) is 3.12. The maximum Gasteiger partial charge on any atom is 0.179 e. The lowest BCUT2D eigenvalue weighted by Gasteiger charge is -2.13. The van der Waals surface area contributed by atoms with Crippen molar-refractivity contribution in [2.24, 2.45) is 5.84 Å². The molecule has 0 unspecified atom stereocenters. The van der Waals surface area contributed by atoms with Crippen molar-refractivity contribution in [3.63, 3.8) is 0 Å². The molecule has 0 bridgehead atoms. The van der Waals surface area contributed by atoms with E-state index in [1.807, 2.05) is 0 Å². The largest absolute Gasteiger partial charge is 0.495 e. The lowest BCUT2D eigenvalue weighted by molar-refractivity contribution is 0.393. The molecule has 0 aliphatic heterocycles. The van der Waals surface area contributed by atoms with Crippen molar-refractivity contribution in [3.05, 3.63) is 12.1 Å². The Morgan fingerprint density at radius 1 is 1.19 bits per heavy atom. The molecule has 0 heterocycles. The van der Waals surface area contributed by atoms with Gasteiger partial charge in [0.2, 0.25) is 0 Å². The molecule has 0 aliphatic carbocycles. The van der Waals surface area contributed by atoms with E-state index >= 15 is 0 Å². The highest BCUT2D eigenvalue weighted by atomic mass is 32.2. The zero-order valence-corrected chi connectivity index (χ0v) is 10.1. The summed E-state index contributed by atoms with van der Waals surface area (Å²) in [5.74, 6) is 5.83. The fraction of sp³-hybridized carbons (Fsp3) is 0.333. The van der Waals surface area contributed by atoms with Gasteiger partial charge in [-0.1, -0.05) is 0 Å². The summed E-state index contributed by atoms with van der Waals surface area (Å²) in [5, 5.41) is 0. The molecule has 90 valence electrons. The fourth-order valence-corrected chi connectivity index (χ4v) is 2.10. The highest BCUT2D eigenvalue weighted by molar-refractivity contribution is 7.90. The second-order valence-corrected chi connectivity index (χ2v) is 5.10. The van der Waals surface area contributed by atoms with Gasteiger partial charge in [-0.2, -0.15) is 0 Å². The van der Waals surface area contributed by atoms with E-state index in [1.165, 1.54) is 26.4 Å². The first-order valence-electron chi connectivity index (χ1n) is 4.36. The van der Waals surface area contributed by atoms with Crippen LogP contribution in [0.4, 0.5) is 5.69 Å². The highest BCUT2D eigenvalue weighted by Gasteiger charge is 2.18. The van der Waals surface area contributed by atoms with Crippen LogP contribution in [0.3, 0.4) is 0 Å². The molecular formula is C9H14N2O4S. The maximum absolute atomic E-state index is 11.5. The smallest absolute Gasteiger partial charge is 0.179 e. The molecular weight excluding hydrogens is 232 g/mol. The van der Waals surface area contributed by atoms with E-state index in [-0.39, 0.29) is 10.6 Å². The number of benzene rings is 1. The number of rotatable bonds is 4. The Labute approximate surface area is 94.2 Å². The summed E-state index contributed by atoms with van der Waals surface area (Å²) in [6.07, 6.45) is 1.10. The molecule has 0 amide bonds.